The number of hydrogen-bond acceptors (Lipinski definition) is 4. The first-order valence-corrected chi connectivity index (χ1v) is 8.38. The number of carboxylic acids is 1. The summed E-state index contributed by atoms with van der Waals surface area (Å²) in [6.07, 6.45) is 1.63. The lowest BCUT2D eigenvalue weighted by molar-refractivity contribution is -0.148. The van der Waals surface area contributed by atoms with Crippen molar-refractivity contribution < 1.29 is 23.1 Å². The Hall–Kier alpha value is -0.700. The van der Waals surface area contributed by atoms with Crippen LogP contribution in [-0.4, -0.2) is 67.5 Å². The van der Waals surface area contributed by atoms with E-state index in [4.69, 9.17) is 4.74 Å². The summed E-state index contributed by atoms with van der Waals surface area (Å²) in [5.41, 5.74) is -0.923. The van der Waals surface area contributed by atoms with Gasteiger partial charge in [0.15, 0.2) is 0 Å². The third-order valence-electron chi connectivity index (χ3n) is 4.12. The van der Waals surface area contributed by atoms with E-state index in [1.54, 1.807) is 0 Å². The predicted molar refractivity (Wildman–Crippen MR) is 72.5 cm³/mol. The van der Waals surface area contributed by atoms with Crippen LogP contribution in [0.2, 0.25) is 0 Å². The Morgan fingerprint density at radius 2 is 1.90 bits per heavy atom. The van der Waals surface area contributed by atoms with Gasteiger partial charge in [-0.05, 0) is 12.8 Å². The molecule has 2 aliphatic rings. The van der Waals surface area contributed by atoms with E-state index >= 15 is 0 Å². The minimum atomic E-state index is -3.56. The average molecular weight is 306 g/mol. The van der Waals surface area contributed by atoms with Crippen LogP contribution in [0.5, 0.6) is 0 Å². The molecule has 2 rings (SSSR count). The van der Waals surface area contributed by atoms with Gasteiger partial charge >= 0.3 is 5.97 Å². The molecule has 0 aromatic carbocycles. The van der Waals surface area contributed by atoms with Gasteiger partial charge in [-0.3, -0.25) is 4.79 Å². The molecule has 1 N–H and O–H groups in total. The van der Waals surface area contributed by atoms with E-state index in [2.05, 4.69) is 0 Å². The van der Waals surface area contributed by atoms with Crippen LogP contribution >= 0.6 is 0 Å². The van der Waals surface area contributed by atoms with E-state index in [0.717, 1.165) is 6.42 Å². The van der Waals surface area contributed by atoms with Crippen molar-refractivity contribution in [3.8, 4) is 0 Å². The van der Waals surface area contributed by atoms with Crippen molar-refractivity contribution in [1.29, 1.82) is 0 Å². The van der Waals surface area contributed by atoms with Crippen molar-refractivity contribution >= 4 is 16.2 Å². The fourth-order valence-electron chi connectivity index (χ4n) is 2.94. The molecule has 0 aromatic heterocycles. The number of rotatable bonds is 5. The van der Waals surface area contributed by atoms with Crippen LogP contribution < -0.4 is 0 Å². The molecule has 0 aromatic rings. The molecule has 0 spiro atoms. The number of hydrogen-bond donors (Lipinski definition) is 1. The van der Waals surface area contributed by atoms with Crippen LogP contribution in [0.4, 0.5) is 0 Å². The van der Waals surface area contributed by atoms with Gasteiger partial charge in [0.1, 0.15) is 0 Å². The monoisotopic (exact) mass is 306 g/mol. The van der Waals surface area contributed by atoms with Crippen LogP contribution in [-0.2, 0) is 19.7 Å². The highest BCUT2D eigenvalue weighted by Gasteiger charge is 2.48. The molecule has 0 radical (unpaired) electrons. The number of ether oxygens (including phenoxy) is 1. The summed E-state index contributed by atoms with van der Waals surface area (Å²) in [6.45, 7) is 3.75. The second kappa shape index (κ2) is 5.97. The maximum atomic E-state index is 12.5. The molecule has 1 unspecified atom stereocenters. The summed E-state index contributed by atoms with van der Waals surface area (Å²) in [4.78, 5) is 11.5. The largest absolute Gasteiger partial charge is 0.481 e. The highest BCUT2D eigenvalue weighted by atomic mass is 32.2. The van der Waals surface area contributed by atoms with Crippen molar-refractivity contribution in [2.45, 2.75) is 26.2 Å². The van der Waals surface area contributed by atoms with Gasteiger partial charge in [0.05, 0.1) is 18.6 Å². The number of aliphatic carboxylic acids is 1. The molecule has 2 fully saturated rings. The zero-order valence-corrected chi connectivity index (χ0v) is 12.6. The molecule has 0 aliphatic carbocycles. The van der Waals surface area contributed by atoms with Crippen molar-refractivity contribution in [3.63, 3.8) is 0 Å². The number of morpholine rings is 1. The first-order valence-electron chi connectivity index (χ1n) is 6.99. The summed E-state index contributed by atoms with van der Waals surface area (Å²) in [5, 5.41) is 9.43. The van der Waals surface area contributed by atoms with Gasteiger partial charge in [-0.2, -0.15) is 17.0 Å². The molecule has 0 bridgehead atoms. The topological polar surface area (TPSA) is 87.2 Å². The standard InChI is InChI=1S/C12H22N2O5S/c1-2-3-12(11(15)16)4-5-14(10-12)20(17,18)13-6-8-19-9-7-13/h2-10H2,1H3,(H,15,16). The zero-order valence-electron chi connectivity index (χ0n) is 11.7. The Bertz CT molecular complexity index is 460. The quantitative estimate of drug-likeness (QED) is 0.780. The lowest BCUT2D eigenvalue weighted by Gasteiger charge is -2.31. The van der Waals surface area contributed by atoms with Crippen LogP contribution in [0, 0.1) is 5.41 Å². The normalized spacial score (nSPS) is 29.6. The van der Waals surface area contributed by atoms with Crippen LogP contribution in [0.25, 0.3) is 0 Å². The number of nitrogens with zero attached hydrogens (tertiary/aromatic N) is 2. The van der Waals surface area contributed by atoms with E-state index in [1.807, 2.05) is 6.92 Å². The summed E-state index contributed by atoms with van der Waals surface area (Å²) in [6, 6.07) is 0. The smallest absolute Gasteiger partial charge is 0.311 e. The molecule has 2 aliphatic heterocycles. The van der Waals surface area contributed by atoms with Crippen molar-refractivity contribution in [3.05, 3.63) is 0 Å². The van der Waals surface area contributed by atoms with Gasteiger partial charge in [-0.1, -0.05) is 13.3 Å². The summed E-state index contributed by atoms with van der Waals surface area (Å²) >= 11 is 0. The minimum absolute atomic E-state index is 0.0792. The third kappa shape index (κ3) is 2.83. The first kappa shape index (κ1) is 15.7. The molecule has 7 nitrogen and oxygen atoms in total. The molecule has 1 atom stereocenters. The Kier molecular flexibility index (Phi) is 4.68. The Morgan fingerprint density at radius 1 is 1.25 bits per heavy atom. The van der Waals surface area contributed by atoms with Crippen LogP contribution in [0.15, 0.2) is 0 Å². The van der Waals surface area contributed by atoms with Crippen molar-refractivity contribution in [1.82, 2.24) is 8.61 Å². The molecule has 2 heterocycles. The Morgan fingerprint density at radius 3 is 2.45 bits per heavy atom. The molecule has 2 saturated heterocycles. The van der Waals surface area contributed by atoms with Gasteiger partial charge in [-0.25, -0.2) is 0 Å². The number of carbonyl (C=O) groups is 1. The molecular formula is C12H22N2O5S. The first-order chi connectivity index (χ1) is 9.42. The van der Waals surface area contributed by atoms with Crippen molar-refractivity contribution in [2.24, 2.45) is 5.41 Å². The summed E-state index contributed by atoms with van der Waals surface area (Å²) < 4.78 is 32.9. The predicted octanol–water partition coefficient (Wildman–Crippen LogP) is 0.140. The van der Waals surface area contributed by atoms with Crippen LogP contribution in [0.1, 0.15) is 26.2 Å². The maximum absolute atomic E-state index is 12.5. The van der Waals surface area contributed by atoms with E-state index in [1.165, 1.54) is 8.61 Å². The van der Waals surface area contributed by atoms with Crippen LogP contribution in [0.3, 0.4) is 0 Å². The van der Waals surface area contributed by atoms with E-state index < -0.39 is 21.6 Å². The molecule has 116 valence electrons. The minimum Gasteiger partial charge on any atom is -0.481 e. The zero-order chi connectivity index (χ0) is 14.8. The summed E-state index contributed by atoms with van der Waals surface area (Å²) in [7, 11) is -3.56. The SMILES string of the molecule is CCCC1(C(=O)O)CCN(S(=O)(=O)N2CCOCC2)C1. The lowest BCUT2D eigenvalue weighted by atomic mass is 9.83. The average Bonchev–Trinajstić information content (AvgIpc) is 2.87. The van der Waals surface area contributed by atoms with Gasteiger partial charge in [0.25, 0.3) is 10.2 Å². The molecule has 8 heteroatoms. The van der Waals surface area contributed by atoms with Gasteiger partial charge in [0, 0.05) is 26.2 Å². The fourth-order valence-corrected chi connectivity index (χ4v) is 4.61. The van der Waals surface area contributed by atoms with Gasteiger partial charge < -0.3 is 9.84 Å². The van der Waals surface area contributed by atoms with Gasteiger partial charge in [-0.15, -0.1) is 0 Å². The second-order valence-electron chi connectivity index (χ2n) is 5.44. The van der Waals surface area contributed by atoms with E-state index in [-0.39, 0.29) is 13.1 Å². The molecule has 20 heavy (non-hydrogen) atoms. The lowest BCUT2D eigenvalue weighted by Crippen LogP contribution is -2.48. The molecule has 0 saturated carbocycles. The van der Waals surface area contributed by atoms with Gasteiger partial charge in [0.2, 0.25) is 0 Å². The maximum Gasteiger partial charge on any atom is 0.311 e. The summed E-state index contributed by atoms with van der Waals surface area (Å²) in [5.74, 6) is -0.890. The molecular weight excluding hydrogens is 284 g/mol. The van der Waals surface area contributed by atoms with E-state index in [9.17, 15) is 18.3 Å². The Labute approximate surface area is 119 Å². The second-order valence-corrected chi connectivity index (χ2v) is 7.37. The highest BCUT2D eigenvalue weighted by molar-refractivity contribution is 7.86. The highest BCUT2D eigenvalue weighted by Crippen LogP contribution is 2.37. The Balaban J connectivity index is 2.12. The number of carboxylic acid groups (broad SMARTS) is 1. The van der Waals surface area contributed by atoms with Crippen molar-refractivity contribution in [2.75, 3.05) is 39.4 Å². The third-order valence-corrected chi connectivity index (χ3v) is 6.11. The van der Waals surface area contributed by atoms with E-state index in [0.29, 0.717) is 39.1 Å². The molecule has 0 amide bonds. The fraction of sp³-hybridized carbons (Fsp3) is 0.917.